The maximum atomic E-state index is 3.87. The molecule has 234 valence electrons. The molecule has 0 amide bonds. The normalized spacial score (nSPS) is 14.3. The van der Waals surface area contributed by atoms with Crippen molar-refractivity contribution < 1.29 is 0 Å². The van der Waals surface area contributed by atoms with Gasteiger partial charge in [0.2, 0.25) is 0 Å². The van der Waals surface area contributed by atoms with Crippen molar-refractivity contribution in [3.05, 3.63) is 222 Å². The van der Waals surface area contributed by atoms with E-state index in [1.807, 2.05) is 6.07 Å². The van der Waals surface area contributed by atoms with Crippen LogP contribution in [0.3, 0.4) is 0 Å². The molecule has 1 heteroatoms. The van der Waals surface area contributed by atoms with Crippen LogP contribution >= 0.6 is 0 Å². The van der Waals surface area contributed by atoms with Gasteiger partial charge in [0.05, 0.1) is 5.69 Å². The first-order chi connectivity index (χ1) is 24.8. The average molecular weight is 636 g/mol. The van der Waals surface area contributed by atoms with E-state index >= 15 is 0 Å². The molecule has 8 aromatic rings. The van der Waals surface area contributed by atoms with Crippen LogP contribution < -0.4 is 4.90 Å². The molecule has 0 heterocycles. The van der Waals surface area contributed by atoms with E-state index in [1.54, 1.807) is 0 Å². The van der Waals surface area contributed by atoms with Gasteiger partial charge in [-0.1, -0.05) is 170 Å². The van der Waals surface area contributed by atoms with Crippen molar-refractivity contribution >= 4 is 27.8 Å². The largest absolute Gasteiger partial charge is 0.310 e. The topological polar surface area (TPSA) is 3.24 Å². The number of hydrogen-bond donors (Lipinski definition) is 0. The minimum atomic E-state index is -0.666. The number of fused-ring (bicyclic) bond motifs is 4. The summed E-state index contributed by atoms with van der Waals surface area (Å²) in [4.78, 5) is 2.40. The first-order valence-corrected chi connectivity index (χ1v) is 17.1. The number of para-hydroxylation sites is 1. The van der Waals surface area contributed by atoms with Crippen LogP contribution in [0.5, 0.6) is 0 Å². The van der Waals surface area contributed by atoms with E-state index in [0.717, 1.165) is 28.2 Å². The third-order valence-electron chi connectivity index (χ3n) is 9.90. The van der Waals surface area contributed by atoms with Crippen molar-refractivity contribution in [2.45, 2.75) is 5.41 Å². The van der Waals surface area contributed by atoms with Crippen LogP contribution in [0.15, 0.2) is 200 Å². The minimum absolute atomic E-state index is 0.666. The molecule has 8 aromatic carbocycles. The van der Waals surface area contributed by atoms with Gasteiger partial charge < -0.3 is 4.90 Å². The third kappa shape index (κ3) is 4.90. The SMILES string of the molecule is C(#CC1(c2ccccc2)c2ccccc2-c2ccc(N(c3ccccc3)c3ccc(-c4ccccc4)c4ccccc34)cc21)c1ccccc1. The Hall–Kier alpha value is -6.62. The van der Waals surface area contributed by atoms with E-state index in [2.05, 4.69) is 211 Å². The molecule has 0 N–H and O–H groups in total. The van der Waals surface area contributed by atoms with Gasteiger partial charge in [-0.3, -0.25) is 0 Å². The van der Waals surface area contributed by atoms with Gasteiger partial charge in [0, 0.05) is 22.3 Å². The Morgan fingerprint density at radius 1 is 0.400 bits per heavy atom. The molecule has 0 bridgehead atoms. The molecule has 9 rings (SSSR count). The molecule has 50 heavy (non-hydrogen) atoms. The van der Waals surface area contributed by atoms with Gasteiger partial charge in [0.15, 0.2) is 0 Å². The van der Waals surface area contributed by atoms with E-state index in [-0.39, 0.29) is 0 Å². The molecule has 1 atom stereocenters. The highest BCUT2D eigenvalue weighted by atomic mass is 15.1. The summed E-state index contributed by atoms with van der Waals surface area (Å²) in [5.74, 6) is 7.47. The Kier molecular flexibility index (Phi) is 7.34. The van der Waals surface area contributed by atoms with Crippen LogP contribution in [-0.2, 0) is 5.41 Å². The second-order valence-corrected chi connectivity index (χ2v) is 12.7. The lowest BCUT2D eigenvalue weighted by Crippen LogP contribution is -2.25. The summed E-state index contributed by atoms with van der Waals surface area (Å²) in [6, 6.07) is 71.5. The fourth-order valence-electron chi connectivity index (χ4n) is 7.65. The molecule has 0 aromatic heterocycles. The minimum Gasteiger partial charge on any atom is -0.310 e. The average Bonchev–Trinajstić information content (AvgIpc) is 3.48. The van der Waals surface area contributed by atoms with E-state index in [9.17, 15) is 0 Å². The highest BCUT2D eigenvalue weighted by molar-refractivity contribution is 6.06. The highest BCUT2D eigenvalue weighted by Gasteiger charge is 2.44. The predicted octanol–water partition coefficient (Wildman–Crippen LogP) is 12.3. The summed E-state index contributed by atoms with van der Waals surface area (Å²) in [6.45, 7) is 0. The second kappa shape index (κ2) is 12.4. The Morgan fingerprint density at radius 3 is 1.74 bits per heavy atom. The van der Waals surface area contributed by atoms with Crippen LogP contribution in [-0.4, -0.2) is 0 Å². The van der Waals surface area contributed by atoms with Crippen molar-refractivity contribution in [3.63, 3.8) is 0 Å². The summed E-state index contributed by atoms with van der Waals surface area (Å²) in [5.41, 5.74) is 12.1. The molecule has 1 nitrogen and oxygen atoms in total. The summed E-state index contributed by atoms with van der Waals surface area (Å²) in [5, 5.41) is 2.41. The van der Waals surface area contributed by atoms with Gasteiger partial charge in [0.1, 0.15) is 5.41 Å². The predicted molar refractivity (Wildman–Crippen MR) is 209 cm³/mol. The summed E-state index contributed by atoms with van der Waals surface area (Å²) in [6.07, 6.45) is 0. The number of hydrogen-bond acceptors (Lipinski definition) is 1. The molecule has 1 aliphatic carbocycles. The van der Waals surface area contributed by atoms with Crippen LogP contribution in [0.25, 0.3) is 33.0 Å². The maximum Gasteiger partial charge on any atom is 0.108 e. The Labute approximate surface area is 293 Å². The first-order valence-electron chi connectivity index (χ1n) is 17.1. The molecule has 1 unspecified atom stereocenters. The van der Waals surface area contributed by atoms with Gasteiger partial charge in [-0.15, -0.1) is 0 Å². The summed E-state index contributed by atoms with van der Waals surface area (Å²) in [7, 11) is 0. The van der Waals surface area contributed by atoms with Crippen molar-refractivity contribution in [1.82, 2.24) is 0 Å². The van der Waals surface area contributed by atoms with Crippen molar-refractivity contribution in [2.75, 3.05) is 4.90 Å². The fraction of sp³-hybridized carbons (Fsp3) is 0.0204. The molecular weight excluding hydrogens is 603 g/mol. The first kappa shape index (κ1) is 29.5. The lowest BCUT2D eigenvalue weighted by atomic mass is 9.72. The molecule has 0 saturated heterocycles. The number of rotatable bonds is 5. The molecular formula is C49H33N. The monoisotopic (exact) mass is 635 g/mol. The maximum absolute atomic E-state index is 3.87. The standard InChI is InChI=1S/C49H33N/c1-5-17-36(18-6-1)33-34-49(38-21-9-3-10-22-38)46-28-16-15-26-43(46)44-30-29-40(35-47(44)49)50(39-23-11-4-12-24-39)48-32-31-41(37-19-7-2-8-20-37)42-25-13-14-27-45(42)48/h1-32,35H. The summed E-state index contributed by atoms with van der Waals surface area (Å²) < 4.78 is 0. The lowest BCUT2D eigenvalue weighted by molar-refractivity contribution is 0.837. The van der Waals surface area contributed by atoms with Crippen molar-refractivity contribution in [2.24, 2.45) is 0 Å². The molecule has 0 fully saturated rings. The van der Waals surface area contributed by atoms with Crippen LogP contribution in [0.1, 0.15) is 22.3 Å². The van der Waals surface area contributed by atoms with Gasteiger partial charge in [-0.05, 0) is 86.8 Å². The molecule has 1 aliphatic rings. The van der Waals surface area contributed by atoms with Crippen molar-refractivity contribution in [3.8, 4) is 34.1 Å². The van der Waals surface area contributed by atoms with E-state index in [0.29, 0.717) is 0 Å². The van der Waals surface area contributed by atoms with Crippen molar-refractivity contribution in [1.29, 1.82) is 0 Å². The zero-order chi connectivity index (χ0) is 33.3. The number of benzene rings is 8. The van der Waals surface area contributed by atoms with Gasteiger partial charge in [-0.2, -0.15) is 0 Å². The summed E-state index contributed by atoms with van der Waals surface area (Å²) >= 11 is 0. The fourth-order valence-corrected chi connectivity index (χ4v) is 7.65. The van der Waals surface area contributed by atoms with Crippen LogP contribution in [0, 0.1) is 11.8 Å². The number of nitrogens with zero attached hydrogens (tertiary/aromatic N) is 1. The quantitative estimate of drug-likeness (QED) is 0.170. The Bertz CT molecular complexity index is 2530. The molecule has 0 spiro atoms. The van der Waals surface area contributed by atoms with Gasteiger partial charge >= 0.3 is 0 Å². The van der Waals surface area contributed by atoms with Crippen LogP contribution in [0.2, 0.25) is 0 Å². The molecule has 0 saturated carbocycles. The van der Waals surface area contributed by atoms with Crippen LogP contribution in [0.4, 0.5) is 17.1 Å². The smallest absolute Gasteiger partial charge is 0.108 e. The van der Waals surface area contributed by atoms with E-state index < -0.39 is 5.41 Å². The Morgan fingerprint density at radius 2 is 0.980 bits per heavy atom. The number of anilines is 3. The molecule has 0 aliphatic heterocycles. The second-order valence-electron chi connectivity index (χ2n) is 12.7. The van der Waals surface area contributed by atoms with Gasteiger partial charge in [-0.25, -0.2) is 0 Å². The molecule has 0 radical (unpaired) electrons. The highest BCUT2D eigenvalue weighted by Crippen LogP contribution is 2.54. The van der Waals surface area contributed by atoms with E-state index in [4.69, 9.17) is 0 Å². The third-order valence-corrected chi connectivity index (χ3v) is 9.90. The zero-order valence-corrected chi connectivity index (χ0v) is 27.5. The van der Waals surface area contributed by atoms with E-state index in [1.165, 1.54) is 44.2 Å². The van der Waals surface area contributed by atoms with Gasteiger partial charge in [0.25, 0.3) is 0 Å². The Balaban J connectivity index is 1.31. The zero-order valence-electron chi connectivity index (χ0n) is 27.5. The lowest BCUT2D eigenvalue weighted by Gasteiger charge is -2.31.